The maximum Gasteiger partial charge on any atom is 0.191 e. The molecule has 19 heavy (non-hydrogen) atoms. The molecular formula is C14H22N4S. The third-order valence-electron chi connectivity index (χ3n) is 3.20. The summed E-state index contributed by atoms with van der Waals surface area (Å²) in [6.45, 7) is 5.17. The second-order valence-corrected chi connectivity index (χ2v) is 6.34. The van der Waals surface area contributed by atoms with Crippen molar-refractivity contribution in [3.63, 3.8) is 0 Å². The fourth-order valence-corrected chi connectivity index (χ4v) is 2.95. The molecule has 5 heteroatoms. The molecule has 4 nitrogen and oxygen atoms in total. The highest BCUT2D eigenvalue weighted by molar-refractivity contribution is 7.13. The van der Waals surface area contributed by atoms with Crippen LogP contribution < -0.4 is 5.73 Å². The van der Waals surface area contributed by atoms with E-state index in [4.69, 9.17) is 5.73 Å². The minimum absolute atomic E-state index is 0.485. The van der Waals surface area contributed by atoms with Crippen LogP contribution in [-0.2, 0) is 13.5 Å². The number of hydrogen-bond donors (Lipinski definition) is 1. The summed E-state index contributed by atoms with van der Waals surface area (Å²) < 4.78 is 1.89. The number of aromatic nitrogens is 3. The molecule has 2 N–H and O–H groups in total. The number of nitrogens with zero attached hydrogens (tertiary/aromatic N) is 3. The van der Waals surface area contributed by atoms with Crippen molar-refractivity contribution in [1.82, 2.24) is 14.8 Å². The Kier molecular flexibility index (Phi) is 4.71. The van der Waals surface area contributed by atoms with Crippen molar-refractivity contribution in [2.45, 2.75) is 26.7 Å². The van der Waals surface area contributed by atoms with E-state index in [0.717, 1.165) is 29.4 Å². The predicted octanol–water partition coefficient (Wildman–Crippen LogP) is 2.71. The highest BCUT2D eigenvalue weighted by Crippen LogP contribution is 2.22. The number of nitrogens with two attached hydrogens (primary N) is 1. The van der Waals surface area contributed by atoms with Gasteiger partial charge in [-0.2, -0.15) is 5.10 Å². The van der Waals surface area contributed by atoms with Crippen LogP contribution in [0.3, 0.4) is 0 Å². The fraction of sp³-hybridized carbons (Fsp3) is 0.571. The number of rotatable bonds is 6. The molecule has 2 aromatic heterocycles. The van der Waals surface area contributed by atoms with E-state index in [9.17, 15) is 0 Å². The highest BCUT2D eigenvalue weighted by atomic mass is 32.1. The van der Waals surface area contributed by atoms with Crippen LogP contribution >= 0.6 is 11.3 Å². The first-order valence-corrected chi connectivity index (χ1v) is 7.62. The van der Waals surface area contributed by atoms with Crippen molar-refractivity contribution < 1.29 is 0 Å². The van der Waals surface area contributed by atoms with Crippen molar-refractivity contribution >= 4 is 11.3 Å². The molecular weight excluding hydrogens is 256 g/mol. The van der Waals surface area contributed by atoms with E-state index in [-0.39, 0.29) is 0 Å². The SMILES string of the molecule is CC(C)CC(CN)Cc1nc(-c2cccs2)nn1C. The Hall–Kier alpha value is -1.20. The first-order valence-electron chi connectivity index (χ1n) is 6.74. The minimum Gasteiger partial charge on any atom is -0.330 e. The van der Waals surface area contributed by atoms with E-state index in [2.05, 4.69) is 30.0 Å². The molecule has 0 saturated carbocycles. The van der Waals surface area contributed by atoms with Crippen LogP contribution in [-0.4, -0.2) is 21.3 Å². The minimum atomic E-state index is 0.485. The van der Waals surface area contributed by atoms with Gasteiger partial charge in [0.25, 0.3) is 0 Å². The van der Waals surface area contributed by atoms with E-state index >= 15 is 0 Å². The Balaban J connectivity index is 2.12. The highest BCUT2D eigenvalue weighted by Gasteiger charge is 2.16. The smallest absolute Gasteiger partial charge is 0.191 e. The molecule has 1 unspecified atom stereocenters. The summed E-state index contributed by atoms with van der Waals surface area (Å²) in [5.74, 6) is 3.00. The number of aryl methyl sites for hydroxylation is 1. The van der Waals surface area contributed by atoms with Gasteiger partial charge in [0.05, 0.1) is 4.88 Å². The lowest BCUT2D eigenvalue weighted by atomic mass is 9.94. The molecule has 2 rings (SSSR count). The van der Waals surface area contributed by atoms with Gasteiger partial charge in [0.1, 0.15) is 5.82 Å². The van der Waals surface area contributed by atoms with Crippen LogP contribution in [0, 0.1) is 11.8 Å². The third-order valence-corrected chi connectivity index (χ3v) is 4.07. The fourth-order valence-electron chi connectivity index (χ4n) is 2.29. The zero-order valence-electron chi connectivity index (χ0n) is 11.8. The summed E-state index contributed by atoms with van der Waals surface area (Å²) in [4.78, 5) is 5.77. The van der Waals surface area contributed by atoms with Gasteiger partial charge in [-0.3, -0.25) is 4.68 Å². The van der Waals surface area contributed by atoms with E-state index < -0.39 is 0 Å². The normalized spacial score (nSPS) is 13.1. The molecule has 0 spiro atoms. The van der Waals surface area contributed by atoms with E-state index in [1.54, 1.807) is 11.3 Å². The van der Waals surface area contributed by atoms with Crippen LogP contribution in [0.25, 0.3) is 10.7 Å². The summed E-state index contributed by atoms with van der Waals surface area (Å²) >= 11 is 1.67. The van der Waals surface area contributed by atoms with Gasteiger partial charge in [0.15, 0.2) is 5.82 Å². The average molecular weight is 278 g/mol. The summed E-state index contributed by atoms with van der Waals surface area (Å²) in [6, 6.07) is 4.08. The van der Waals surface area contributed by atoms with Crippen molar-refractivity contribution in [2.75, 3.05) is 6.54 Å². The van der Waals surface area contributed by atoms with Gasteiger partial charge in [-0.05, 0) is 36.2 Å². The summed E-state index contributed by atoms with van der Waals surface area (Å²) in [5, 5.41) is 6.54. The average Bonchev–Trinajstić information content (AvgIpc) is 2.98. The molecule has 104 valence electrons. The molecule has 0 fully saturated rings. The first kappa shape index (κ1) is 14.2. The summed E-state index contributed by atoms with van der Waals surface area (Å²) in [7, 11) is 1.96. The Morgan fingerprint density at radius 3 is 2.79 bits per heavy atom. The summed E-state index contributed by atoms with van der Waals surface area (Å²) in [6.07, 6.45) is 2.04. The Bertz CT molecular complexity index is 502. The molecule has 2 heterocycles. The van der Waals surface area contributed by atoms with E-state index in [1.807, 2.05) is 23.2 Å². The quantitative estimate of drug-likeness (QED) is 0.884. The van der Waals surface area contributed by atoms with Gasteiger partial charge in [0, 0.05) is 13.5 Å². The predicted molar refractivity (Wildman–Crippen MR) is 80.0 cm³/mol. The van der Waals surface area contributed by atoms with Gasteiger partial charge < -0.3 is 5.73 Å². The van der Waals surface area contributed by atoms with Gasteiger partial charge in [-0.25, -0.2) is 4.98 Å². The molecule has 0 aromatic carbocycles. The standard InChI is InChI=1S/C14H22N4S/c1-10(2)7-11(9-15)8-13-16-14(17-18(13)3)12-5-4-6-19-12/h4-6,10-11H,7-9,15H2,1-3H3. The Morgan fingerprint density at radius 2 is 2.21 bits per heavy atom. The summed E-state index contributed by atoms with van der Waals surface area (Å²) in [5.41, 5.74) is 5.86. The molecule has 0 bridgehead atoms. The van der Waals surface area contributed by atoms with Crippen LogP contribution in [0.4, 0.5) is 0 Å². The van der Waals surface area contributed by atoms with Crippen molar-refractivity contribution in [1.29, 1.82) is 0 Å². The zero-order chi connectivity index (χ0) is 13.8. The van der Waals surface area contributed by atoms with Gasteiger partial charge in [-0.1, -0.05) is 19.9 Å². The van der Waals surface area contributed by atoms with Gasteiger partial charge in [-0.15, -0.1) is 11.3 Å². The zero-order valence-corrected chi connectivity index (χ0v) is 12.7. The lowest BCUT2D eigenvalue weighted by Gasteiger charge is -2.15. The molecule has 0 aliphatic heterocycles. The number of hydrogen-bond acceptors (Lipinski definition) is 4. The third kappa shape index (κ3) is 3.64. The second kappa shape index (κ2) is 6.30. The second-order valence-electron chi connectivity index (χ2n) is 5.39. The van der Waals surface area contributed by atoms with Crippen molar-refractivity contribution in [2.24, 2.45) is 24.6 Å². The van der Waals surface area contributed by atoms with Crippen LogP contribution in [0.5, 0.6) is 0 Å². The van der Waals surface area contributed by atoms with Crippen LogP contribution in [0.1, 0.15) is 26.1 Å². The molecule has 0 amide bonds. The monoisotopic (exact) mass is 278 g/mol. The Labute approximate surface area is 118 Å². The largest absolute Gasteiger partial charge is 0.330 e. The van der Waals surface area contributed by atoms with Crippen molar-refractivity contribution in [3.05, 3.63) is 23.3 Å². The molecule has 0 aliphatic rings. The van der Waals surface area contributed by atoms with E-state index in [0.29, 0.717) is 18.4 Å². The van der Waals surface area contributed by atoms with Crippen molar-refractivity contribution in [3.8, 4) is 10.7 Å². The van der Waals surface area contributed by atoms with Gasteiger partial charge >= 0.3 is 0 Å². The molecule has 0 saturated heterocycles. The maximum atomic E-state index is 5.86. The first-order chi connectivity index (χ1) is 9.10. The van der Waals surface area contributed by atoms with Gasteiger partial charge in [0.2, 0.25) is 0 Å². The maximum absolute atomic E-state index is 5.86. The van der Waals surface area contributed by atoms with E-state index in [1.165, 1.54) is 0 Å². The van der Waals surface area contributed by atoms with Crippen LogP contribution in [0.2, 0.25) is 0 Å². The molecule has 0 radical (unpaired) electrons. The molecule has 1 atom stereocenters. The molecule has 2 aromatic rings. The topological polar surface area (TPSA) is 56.7 Å². The number of thiophene rings is 1. The lowest BCUT2D eigenvalue weighted by Crippen LogP contribution is -2.20. The van der Waals surface area contributed by atoms with Crippen LogP contribution in [0.15, 0.2) is 17.5 Å². The lowest BCUT2D eigenvalue weighted by molar-refractivity contribution is 0.403. The molecule has 0 aliphatic carbocycles. The Morgan fingerprint density at radius 1 is 1.42 bits per heavy atom.